The van der Waals surface area contributed by atoms with Gasteiger partial charge in [0.2, 0.25) is 0 Å². The minimum absolute atomic E-state index is 0.342. The van der Waals surface area contributed by atoms with Crippen molar-refractivity contribution in [3.8, 4) is 0 Å². The van der Waals surface area contributed by atoms with Crippen molar-refractivity contribution in [3.05, 3.63) is 29.7 Å². The molecule has 1 aromatic heterocycles. The molecule has 0 amide bonds. The van der Waals surface area contributed by atoms with E-state index in [9.17, 15) is 13.2 Å². The molecule has 0 aliphatic heterocycles. The molecule has 1 rings (SSSR count). The highest BCUT2D eigenvalue weighted by atomic mass is 19.4. The van der Waals surface area contributed by atoms with Gasteiger partial charge in [-0.2, -0.15) is 18.3 Å². The summed E-state index contributed by atoms with van der Waals surface area (Å²) in [6.07, 6.45) is -0.635. The molecule has 1 N–H and O–H groups in total. The number of likely N-dealkylation sites (N-methyl/N-ethyl adjacent to an activating group) is 1. The van der Waals surface area contributed by atoms with Gasteiger partial charge in [0.1, 0.15) is 0 Å². The third-order valence-electron chi connectivity index (χ3n) is 2.23. The lowest BCUT2D eigenvalue weighted by Crippen LogP contribution is -2.24. The third-order valence-corrected chi connectivity index (χ3v) is 2.23. The van der Waals surface area contributed by atoms with Crippen LogP contribution in [0.4, 0.5) is 13.2 Å². The Balaban J connectivity index is 0.00000172. The predicted molar refractivity (Wildman–Crippen MR) is 74.8 cm³/mol. The monoisotopic (exact) mass is 290 g/mol. The van der Waals surface area contributed by atoms with Crippen molar-refractivity contribution in [2.75, 3.05) is 14.1 Å². The van der Waals surface area contributed by atoms with Crippen LogP contribution in [0.3, 0.4) is 0 Å². The fraction of sp³-hybridized carbons (Fsp3) is 0.538. The summed E-state index contributed by atoms with van der Waals surface area (Å²) in [5.41, 5.74) is -0.299. The number of aromatic nitrogens is 2. The maximum absolute atomic E-state index is 12.5. The Morgan fingerprint density at radius 3 is 2.40 bits per heavy atom. The maximum Gasteiger partial charge on any atom is 0.435 e. The second-order valence-corrected chi connectivity index (χ2v) is 3.47. The molecule has 114 valence electrons. The first kappa shape index (κ1) is 18.2. The van der Waals surface area contributed by atoms with Crippen molar-refractivity contribution in [1.29, 1.82) is 0 Å². The van der Waals surface area contributed by atoms with E-state index in [0.29, 0.717) is 11.5 Å². The second kappa shape index (κ2) is 8.39. The first-order valence-electron chi connectivity index (χ1n) is 6.42. The Hall–Kier alpha value is -1.79. The topological polar surface area (TPSA) is 42.2 Å². The molecule has 0 aliphatic carbocycles. The lowest BCUT2D eigenvalue weighted by atomic mass is 10.3. The van der Waals surface area contributed by atoms with Gasteiger partial charge in [0, 0.05) is 20.3 Å². The highest BCUT2D eigenvalue weighted by molar-refractivity contribution is 5.98. The van der Waals surface area contributed by atoms with Crippen LogP contribution >= 0.6 is 0 Å². The molecule has 4 nitrogen and oxygen atoms in total. The van der Waals surface area contributed by atoms with Gasteiger partial charge in [0.05, 0.1) is 5.70 Å². The van der Waals surface area contributed by atoms with E-state index in [1.54, 1.807) is 7.05 Å². The molecule has 1 aromatic rings. The molecule has 0 atom stereocenters. The molecule has 0 fully saturated rings. The van der Waals surface area contributed by atoms with Crippen LogP contribution in [0.25, 0.3) is 0 Å². The van der Waals surface area contributed by atoms with Gasteiger partial charge >= 0.3 is 6.18 Å². The summed E-state index contributed by atoms with van der Waals surface area (Å²) in [6.45, 7) is 5.93. The largest absolute Gasteiger partial charge is 0.435 e. The molecule has 0 unspecified atom stereocenters. The van der Waals surface area contributed by atoms with E-state index in [-0.39, 0.29) is 0 Å². The van der Waals surface area contributed by atoms with Gasteiger partial charge in [-0.15, -0.1) is 0 Å². The number of nitrogens with zero attached hydrogens (tertiary/aromatic N) is 3. The minimum Gasteiger partial charge on any atom is -0.385 e. The number of halogens is 3. The smallest absolute Gasteiger partial charge is 0.385 e. The van der Waals surface area contributed by atoms with Crippen LogP contribution in [-0.2, 0) is 6.18 Å². The number of alkyl halides is 3. The zero-order valence-corrected chi connectivity index (χ0v) is 12.4. The maximum atomic E-state index is 12.5. The van der Waals surface area contributed by atoms with E-state index in [1.165, 1.54) is 13.2 Å². The van der Waals surface area contributed by atoms with Gasteiger partial charge in [-0.3, -0.25) is 4.99 Å². The molecule has 0 saturated heterocycles. The number of hydrogen-bond acceptors (Lipinski definition) is 3. The fourth-order valence-electron chi connectivity index (χ4n) is 1.45. The molecule has 0 aromatic carbocycles. The summed E-state index contributed by atoms with van der Waals surface area (Å²) >= 11 is 0. The van der Waals surface area contributed by atoms with Crippen LogP contribution < -0.4 is 5.32 Å². The van der Waals surface area contributed by atoms with Gasteiger partial charge in [-0.05, 0) is 12.5 Å². The molecule has 0 bridgehead atoms. The quantitative estimate of drug-likeness (QED) is 0.685. The number of aliphatic imine (C=N–C) groups is 1. The normalized spacial score (nSPS) is 12.8. The molecule has 7 heteroatoms. The van der Waals surface area contributed by atoms with Gasteiger partial charge in [-0.25, -0.2) is 4.68 Å². The van der Waals surface area contributed by atoms with Crippen molar-refractivity contribution in [3.63, 3.8) is 0 Å². The van der Waals surface area contributed by atoms with Gasteiger partial charge in [0.25, 0.3) is 0 Å². The van der Waals surface area contributed by atoms with Gasteiger partial charge < -0.3 is 5.32 Å². The van der Waals surface area contributed by atoms with Crippen LogP contribution in [0.1, 0.15) is 32.9 Å². The summed E-state index contributed by atoms with van der Waals surface area (Å²) in [5, 5.41) is 6.37. The Morgan fingerprint density at radius 1 is 1.45 bits per heavy atom. The zero-order valence-electron chi connectivity index (χ0n) is 12.4. The number of nitrogens with one attached hydrogen (secondary N) is 1. The van der Waals surface area contributed by atoms with Crippen molar-refractivity contribution in [1.82, 2.24) is 15.1 Å². The van der Waals surface area contributed by atoms with Crippen molar-refractivity contribution < 1.29 is 13.2 Å². The standard InChI is InChI=1S/C11H15F3N4.C2H6/c1-4-5-8(15-2)10(16-3)18-7-6-9(17-18)11(12,13)14;1-2/h5-7,15H,4H2,1-3H3;1-2H3/b8-5+,16-10?;. The summed E-state index contributed by atoms with van der Waals surface area (Å²) in [4.78, 5) is 3.96. The summed E-state index contributed by atoms with van der Waals surface area (Å²) < 4.78 is 38.5. The predicted octanol–water partition coefficient (Wildman–Crippen LogP) is 3.32. The van der Waals surface area contributed by atoms with Crippen molar-refractivity contribution in [2.45, 2.75) is 33.4 Å². The second-order valence-electron chi connectivity index (χ2n) is 3.47. The molecule has 20 heavy (non-hydrogen) atoms. The average molecular weight is 290 g/mol. The van der Waals surface area contributed by atoms with Crippen molar-refractivity contribution >= 4 is 5.84 Å². The lowest BCUT2D eigenvalue weighted by molar-refractivity contribution is -0.141. The highest BCUT2D eigenvalue weighted by Crippen LogP contribution is 2.27. The SMILES string of the molecule is CC.CC/C=C(/NC)C(=NC)n1ccc(C(F)(F)F)n1. The highest BCUT2D eigenvalue weighted by Gasteiger charge is 2.34. The van der Waals surface area contributed by atoms with E-state index >= 15 is 0 Å². The van der Waals surface area contributed by atoms with Crippen LogP contribution in [0, 0.1) is 0 Å². The Kier molecular flexibility index (Phi) is 7.64. The molecule has 1 heterocycles. The molecule has 0 spiro atoms. The number of allylic oxidation sites excluding steroid dienone is 2. The van der Waals surface area contributed by atoms with Crippen LogP contribution in [0.2, 0.25) is 0 Å². The third kappa shape index (κ3) is 4.71. The average Bonchev–Trinajstić information content (AvgIpc) is 2.90. The minimum atomic E-state index is -4.45. The fourth-order valence-corrected chi connectivity index (χ4v) is 1.45. The van der Waals surface area contributed by atoms with E-state index in [4.69, 9.17) is 0 Å². The van der Waals surface area contributed by atoms with E-state index < -0.39 is 11.9 Å². The summed E-state index contributed by atoms with van der Waals surface area (Å²) in [7, 11) is 3.19. The molecular formula is C13H21F3N4. The molecule has 0 aliphatic rings. The first-order valence-corrected chi connectivity index (χ1v) is 6.42. The lowest BCUT2D eigenvalue weighted by Gasteiger charge is -2.10. The first-order chi connectivity index (χ1) is 9.43. The van der Waals surface area contributed by atoms with Crippen LogP contribution in [-0.4, -0.2) is 29.7 Å². The summed E-state index contributed by atoms with van der Waals surface area (Å²) in [6, 6.07) is 0.921. The zero-order chi connectivity index (χ0) is 15.8. The molecule has 0 radical (unpaired) electrons. The van der Waals surface area contributed by atoms with E-state index in [2.05, 4.69) is 15.4 Å². The Bertz CT molecular complexity index is 458. The molecular weight excluding hydrogens is 269 g/mol. The van der Waals surface area contributed by atoms with Crippen LogP contribution in [0.15, 0.2) is 29.0 Å². The number of rotatable bonds is 3. The van der Waals surface area contributed by atoms with Crippen molar-refractivity contribution in [2.24, 2.45) is 4.99 Å². The van der Waals surface area contributed by atoms with E-state index in [0.717, 1.165) is 17.2 Å². The van der Waals surface area contributed by atoms with Crippen LogP contribution in [0.5, 0.6) is 0 Å². The van der Waals surface area contributed by atoms with Gasteiger partial charge in [0.15, 0.2) is 11.5 Å². The molecule has 0 saturated carbocycles. The number of hydrogen-bond donors (Lipinski definition) is 1. The summed E-state index contributed by atoms with van der Waals surface area (Å²) in [5.74, 6) is 0.342. The van der Waals surface area contributed by atoms with Gasteiger partial charge in [-0.1, -0.05) is 26.8 Å². The Labute approximate surface area is 117 Å². The Morgan fingerprint density at radius 2 is 2.05 bits per heavy atom. The van der Waals surface area contributed by atoms with E-state index in [1.807, 2.05) is 26.8 Å².